The summed E-state index contributed by atoms with van der Waals surface area (Å²) in [5.74, 6) is 0.966. The first-order chi connectivity index (χ1) is 10.6. The van der Waals surface area contributed by atoms with E-state index in [-0.39, 0.29) is 0 Å². The van der Waals surface area contributed by atoms with Crippen LogP contribution < -0.4 is 4.74 Å². The lowest BCUT2D eigenvalue weighted by Crippen LogP contribution is -2.18. The molecular formula is C20H25NO. The van der Waals surface area contributed by atoms with Crippen molar-refractivity contribution in [3.05, 3.63) is 70.8 Å². The smallest absolute Gasteiger partial charge is 0.122 e. The van der Waals surface area contributed by atoms with Gasteiger partial charge in [0, 0.05) is 13.1 Å². The van der Waals surface area contributed by atoms with Gasteiger partial charge in [-0.15, -0.1) is 0 Å². The standard InChI is InChI=1S/C20H25NO/c1-16-17(2)20(22-4)13-12-19(16)15-21(3)14-8-11-18-9-6-5-7-10-18/h5-13H,14-15H2,1-4H3/b11-8+. The maximum atomic E-state index is 5.37. The van der Waals surface area contributed by atoms with Crippen molar-refractivity contribution in [3.63, 3.8) is 0 Å². The second kappa shape index (κ2) is 7.81. The van der Waals surface area contributed by atoms with Gasteiger partial charge in [-0.25, -0.2) is 0 Å². The van der Waals surface area contributed by atoms with Crippen molar-refractivity contribution in [1.29, 1.82) is 0 Å². The average molecular weight is 295 g/mol. The molecule has 2 nitrogen and oxygen atoms in total. The molecule has 0 amide bonds. The molecule has 2 aromatic carbocycles. The Morgan fingerprint density at radius 3 is 2.41 bits per heavy atom. The predicted octanol–water partition coefficient (Wildman–Crippen LogP) is 4.46. The molecule has 0 saturated carbocycles. The van der Waals surface area contributed by atoms with E-state index in [4.69, 9.17) is 4.74 Å². The largest absolute Gasteiger partial charge is 0.496 e. The average Bonchev–Trinajstić information content (AvgIpc) is 2.53. The van der Waals surface area contributed by atoms with Gasteiger partial charge in [-0.2, -0.15) is 0 Å². The molecule has 2 aromatic rings. The van der Waals surface area contributed by atoms with Crippen LogP contribution in [0.15, 0.2) is 48.5 Å². The maximum absolute atomic E-state index is 5.37. The second-order valence-corrected chi connectivity index (χ2v) is 5.69. The normalized spacial score (nSPS) is 11.3. The fourth-order valence-electron chi connectivity index (χ4n) is 2.53. The Morgan fingerprint density at radius 2 is 1.73 bits per heavy atom. The molecule has 2 heteroatoms. The minimum absolute atomic E-state index is 0.930. The van der Waals surface area contributed by atoms with Gasteiger partial charge in [0.15, 0.2) is 0 Å². The summed E-state index contributed by atoms with van der Waals surface area (Å²) in [6.07, 6.45) is 4.38. The number of benzene rings is 2. The van der Waals surface area contributed by atoms with Crippen molar-refractivity contribution in [3.8, 4) is 5.75 Å². The van der Waals surface area contributed by atoms with Gasteiger partial charge in [0.2, 0.25) is 0 Å². The van der Waals surface area contributed by atoms with Crippen LogP contribution in [0.2, 0.25) is 0 Å². The van der Waals surface area contributed by atoms with Crippen LogP contribution in [0.25, 0.3) is 6.08 Å². The Hall–Kier alpha value is -2.06. The lowest BCUT2D eigenvalue weighted by molar-refractivity contribution is 0.362. The molecule has 0 spiro atoms. The molecule has 116 valence electrons. The number of likely N-dealkylation sites (N-methyl/N-ethyl adjacent to an activating group) is 1. The predicted molar refractivity (Wildman–Crippen MR) is 94.3 cm³/mol. The second-order valence-electron chi connectivity index (χ2n) is 5.69. The van der Waals surface area contributed by atoms with Crippen LogP contribution in [0.3, 0.4) is 0 Å². The van der Waals surface area contributed by atoms with Crippen molar-refractivity contribution in [1.82, 2.24) is 4.90 Å². The minimum atomic E-state index is 0.930. The summed E-state index contributed by atoms with van der Waals surface area (Å²) in [7, 11) is 3.87. The van der Waals surface area contributed by atoms with Crippen LogP contribution in [-0.2, 0) is 6.54 Å². The Labute approximate surface area is 134 Å². The van der Waals surface area contributed by atoms with E-state index < -0.39 is 0 Å². The van der Waals surface area contributed by atoms with Crippen molar-refractivity contribution < 1.29 is 4.74 Å². The Bertz CT molecular complexity index is 632. The van der Waals surface area contributed by atoms with Crippen molar-refractivity contribution >= 4 is 6.08 Å². The highest BCUT2D eigenvalue weighted by Gasteiger charge is 2.08. The lowest BCUT2D eigenvalue weighted by atomic mass is 10.0. The van der Waals surface area contributed by atoms with Crippen LogP contribution in [0, 0.1) is 13.8 Å². The molecule has 0 heterocycles. The van der Waals surface area contributed by atoms with E-state index in [2.05, 4.69) is 74.3 Å². The van der Waals surface area contributed by atoms with Crippen LogP contribution in [0.5, 0.6) is 5.75 Å². The van der Waals surface area contributed by atoms with Crippen molar-refractivity contribution in [2.24, 2.45) is 0 Å². The summed E-state index contributed by atoms with van der Waals surface area (Å²) < 4.78 is 5.37. The highest BCUT2D eigenvalue weighted by molar-refractivity contribution is 5.48. The number of hydrogen-bond acceptors (Lipinski definition) is 2. The summed E-state index contributed by atoms with van der Waals surface area (Å²) in [6, 6.07) is 14.6. The number of nitrogens with zero attached hydrogens (tertiary/aromatic N) is 1. The first-order valence-corrected chi connectivity index (χ1v) is 7.65. The molecular weight excluding hydrogens is 270 g/mol. The number of hydrogen-bond donors (Lipinski definition) is 0. The molecule has 0 aliphatic carbocycles. The van der Waals surface area contributed by atoms with Gasteiger partial charge in [0.05, 0.1) is 7.11 Å². The van der Waals surface area contributed by atoms with Crippen molar-refractivity contribution in [2.75, 3.05) is 20.7 Å². The fraction of sp³-hybridized carbons (Fsp3) is 0.300. The highest BCUT2D eigenvalue weighted by atomic mass is 16.5. The molecule has 22 heavy (non-hydrogen) atoms. The first kappa shape index (κ1) is 16.3. The van der Waals surface area contributed by atoms with Gasteiger partial charge in [-0.1, -0.05) is 48.6 Å². The van der Waals surface area contributed by atoms with Gasteiger partial charge in [-0.05, 0) is 49.2 Å². The Kier molecular flexibility index (Phi) is 5.79. The third kappa shape index (κ3) is 4.22. The highest BCUT2D eigenvalue weighted by Crippen LogP contribution is 2.24. The molecule has 0 atom stereocenters. The molecule has 0 N–H and O–H groups in total. The monoisotopic (exact) mass is 295 g/mol. The zero-order valence-electron chi connectivity index (χ0n) is 14.0. The van der Waals surface area contributed by atoms with Crippen LogP contribution in [-0.4, -0.2) is 25.6 Å². The molecule has 0 aliphatic heterocycles. The van der Waals surface area contributed by atoms with E-state index in [1.807, 2.05) is 6.07 Å². The summed E-state index contributed by atoms with van der Waals surface area (Å²) in [5, 5.41) is 0. The first-order valence-electron chi connectivity index (χ1n) is 7.65. The Balaban J connectivity index is 1.96. The zero-order chi connectivity index (χ0) is 15.9. The number of ether oxygens (including phenoxy) is 1. The van der Waals surface area contributed by atoms with E-state index in [1.165, 1.54) is 22.3 Å². The van der Waals surface area contributed by atoms with Crippen molar-refractivity contribution in [2.45, 2.75) is 20.4 Å². The van der Waals surface area contributed by atoms with Crippen LogP contribution in [0.1, 0.15) is 22.3 Å². The molecule has 0 aromatic heterocycles. The Morgan fingerprint density at radius 1 is 1.00 bits per heavy atom. The molecule has 0 aliphatic rings. The summed E-state index contributed by atoms with van der Waals surface area (Å²) in [4.78, 5) is 2.31. The van der Waals surface area contributed by atoms with Gasteiger partial charge in [0.1, 0.15) is 5.75 Å². The lowest BCUT2D eigenvalue weighted by Gasteiger charge is -2.18. The zero-order valence-corrected chi connectivity index (χ0v) is 14.0. The topological polar surface area (TPSA) is 12.5 Å². The third-order valence-corrected chi connectivity index (χ3v) is 4.04. The summed E-state index contributed by atoms with van der Waals surface area (Å²) >= 11 is 0. The van der Waals surface area contributed by atoms with E-state index in [0.29, 0.717) is 0 Å². The third-order valence-electron chi connectivity index (χ3n) is 4.04. The minimum Gasteiger partial charge on any atom is -0.496 e. The van der Waals surface area contributed by atoms with E-state index >= 15 is 0 Å². The quantitative estimate of drug-likeness (QED) is 0.780. The molecule has 2 rings (SSSR count). The molecule has 0 radical (unpaired) electrons. The van der Waals surface area contributed by atoms with Crippen LogP contribution in [0.4, 0.5) is 0 Å². The molecule has 0 saturated heterocycles. The molecule has 0 bridgehead atoms. The van der Waals surface area contributed by atoms with E-state index in [0.717, 1.165) is 18.8 Å². The van der Waals surface area contributed by atoms with E-state index in [1.54, 1.807) is 7.11 Å². The fourth-order valence-corrected chi connectivity index (χ4v) is 2.53. The maximum Gasteiger partial charge on any atom is 0.122 e. The van der Waals surface area contributed by atoms with Gasteiger partial charge in [-0.3, -0.25) is 4.90 Å². The summed E-state index contributed by atoms with van der Waals surface area (Å²) in [5.41, 5.74) is 5.15. The van der Waals surface area contributed by atoms with Gasteiger partial charge in [0.25, 0.3) is 0 Å². The van der Waals surface area contributed by atoms with Gasteiger partial charge < -0.3 is 4.74 Å². The SMILES string of the molecule is COc1ccc(CN(C)C/C=C/c2ccccc2)c(C)c1C. The van der Waals surface area contributed by atoms with Gasteiger partial charge >= 0.3 is 0 Å². The summed E-state index contributed by atoms with van der Waals surface area (Å²) in [6.45, 7) is 6.16. The van der Waals surface area contributed by atoms with Crippen LogP contribution >= 0.6 is 0 Å². The van der Waals surface area contributed by atoms with E-state index in [9.17, 15) is 0 Å². The number of rotatable bonds is 6. The number of methoxy groups -OCH3 is 1. The molecule has 0 unspecified atom stereocenters. The molecule has 0 fully saturated rings.